The molecule has 20 rings (SSSR count). The van der Waals surface area contributed by atoms with E-state index in [2.05, 4.69) is 522 Å². The highest BCUT2D eigenvalue weighted by Gasteiger charge is 2.48. The van der Waals surface area contributed by atoms with Crippen LogP contribution in [0.1, 0.15) is 263 Å². The maximum Gasteiger partial charge on any atom is 0.252 e. The molecule has 686 valence electrons. The molecule has 0 N–H and O–H groups in total. The van der Waals surface area contributed by atoms with Crippen molar-refractivity contribution in [3.63, 3.8) is 0 Å². The largest absolute Gasteiger partial charge is 0.310 e. The van der Waals surface area contributed by atoms with Crippen LogP contribution in [0.2, 0.25) is 0 Å². The molecule has 0 atom stereocenters. The topological polar surface area (TPSA) is 21.3 Å². The first-order chi connectivity index (χ1) is 63.8. The van der Waals surface area contributed by atoms with Crippen molar-refractivity contribution in [2.75, 3.05) is 9.80 Å². The van der Waals surface area contributed by atoms with E-state index in [4.69, 9.17) is 0 Å². The minimum absolute atomic E-state index is 0.100. The average Bonchev–Trinajstić information content (AvgIpc) is 1.21. The van der Waals surface area contributed by atoms with Gasteiger partial charge in [0, 0.05) is 88.7 Å². The number of hydrogen-bond donors (Lipinski definition) is 0. The van der Waals surface area contributed by atoms with E-state index in [-0.39, 0.29) is 60.9 Å². The molecule has 0 aliphatic carbocycles. The first-order valence-corrected chi connectivity index (χ1v) is 49.8. The number of hydrogen-bond acceptors (Lipinski definition) is 2. The Hall–Kier alpha value is -12.6. The Balaban J connectivity index is 1.04. The van der Waals surface area contributed by atoms with E-state index in [9.17, 15) is 0 Å². The normalized spacial score (nSPS) is 13.8. The van der Waals surface area contributed by atoms with Crippen LogP contribution in [-0.2, 0) is 54.1 Å². The highest BCUT2D eigenvalue weighted by Crippen LogP contribution is 2.58. The van der Waals surface area contributed by atoms with E-state index in [1.165, 1.54) is 143 Å². The second-order valence-electron chi connectivity index (χ2n) is 50.0. The molecular formula is C130H138BN5. The average molecular weight is 1780 g/mol. The smallest absolute Gasteiger partial charge is 0.252 e. The van der Waals surface area contributed by atoms with Gasteiger partial charge in [0.15, 0.2) is 0 Å². The standard InChI is InChI=1S/C130H138BN5/c1-121(2,3)81-51-49-80(50-52-81)92-43-37-45-95(117-103(129(25,26)27)47-38-48-104(117)130(28,29)30)120(92)136-114-76-89(133-109-65-55-84(124(10,11)12)71-98(109)99-72-85(125(13,14)15)56-66-110(99)133)60-62-106(114)131-105-61-59-88(132-107-63-53-82(122(4,5)6)69-96(107)97-70-83(123(7,8)9)54-64-108(97)132)75-113(105)135(119-91(79-39-32-31-33-40-79)42-36-44-94(119)93-41-34-35-46-102(93)128(22,23)24)115-77-90(78-116(136)118(115)131)134-111-67-57-86(126(16,17)18)73-100(111)101-74-87(127(19,20)21)58-68-112(101)134/h31-78H,1-30H3. The van der Waals surface area contributed by atoms with Gasteiger partial charge in [0.05, 0.1) is 50.2 Å². The summed E-state index contributed by atoms with van der Waals surface area (Å²) in [6.07, 6.45) is 0. The summed E-state index contributed by atoms with van der Waals surface area (Å²) in [6.45, 7) is 70.8. The van der Waals surface area contributed by atoms with Crippen LogP contribution < -0.4 is 26.2 Å². The summed E-state index contributed by atoms with van der Waals surface area (Å²) in [6, 6.07) is 117. The molecule has 0 spiro atoms. The van der Waals surface area contributed by atoms with Crippen LogP contribution in [0.25, 0.3) is 127 Å². The van der Waals surface area contributed by atoms with E-state index >= 15 is 0 Å². The SMILES string of the molecule is CC(C)(C)c1ccc(-c2cccc(-c3c(C(C)(C)C)cccc3C(C)(C)C)c2N2c3cc(-n4c5ccc(C(C)(C)C)cc5c5cc(C(C)(C)C)ccc54)ccc3B3c4ccc(-n5c6ccc(C(C)(C)C)cc6c6cc(C(C)(C)C)ccc65)cc4N(c4c(-c5ccccc5)cccc4-c4ccccc4C(C)(C)C)c4cc(-n5c6ccc(C(C)(C)C)cc6c6cc(C(C)(C)C)ccc65)cc2c43)cc1. The Labute approximate surface area is 810 Å². The Morgan fingerprint density at radius 3 is 0.809 bits per heavy atom. The van der Waals surface area contributed by atoms with Crippen LogP contribution in [0.4, 0.5) is 34.1 Å². The molecule has 0 unspecified atom stereocenters. The summed E-state index contributed by atoms with van der Waals surface area (Å²) in [5.74, 6) is 0. The Kier molecular flexibility index (Phi) is 21.1. The van der Waals surface area contributed by atoms with Crippen molar-refractivity contribution in [1.82, 2.24) is 13.7 Å². The van der Waals surface area contributed by atoms with Crippen molar-refractivity contribution >= 4 is 123 Å². The molecule has 0 bridgehead atoms. The van der Waals surface area contributed by atoms with Gasteiger partial charge in [-0.25, -0.2) is 0 Å². The van der Waals surface area contributed by atoms with Gasteiger partial charge in [-0.1, -0.05) is 390 Å². The van der Waals surface area contributed by atoms with Crippen LogP contribution in [0.3, 0.4) is 0 Å². The lowest BCUT2D eigenvalue weighted by Crippen LogP contribution is -2.61. The third kappa shape index (κ3) is 15.4. The van der Waals surface area contributed by atoms with Gasteiger partial charge in [-0.15, -0.1) is 0 Å². The second kappa shape index (κ2) is 31.5. The Bertz CT molecular complexity index is 7660. The van der Waals surface area contributed by atoms with Crippen molar-refractivity contribution in [2.24, 2.45) is 0 Å². The minimum atomic E-state index is -0.368. The van der Waals surface area contributed by atoms with Gasteiger partial charge in [0.1, 0.15) is 0 Å². The van der Waals surface area contributed by atoms with E-state index in [0.29, 0.717) is 0 Å². The number of aromatic nitrogens is 3. The van der Waals surface area contributed by atoms with E-state index in [0.717, 1.165) is 90.0 Å². The van der Waals surface area contributed by atoms with Crippen molar-refractivity contribution in [2.45, 2.75) is 262 Å². The number of fused-ring (bicyclic) bond motifs is 13. The van der Waals surface area contributed by atoms with Crippen LogP contribution in [0, 0.1) is 0 Å². The molecule has 15 aromatic carbocycles. The van der Waals surface area contributed by atoms with Gasteiger partial charge < -0.3 is 23.5 Å². The molecule has 0 fully saturated rings. The Morgan fingerprint density at radius 1 is 0.191 bits per heavy atom. The number of benzene rings is 15. The predicted molar refractivity (Wildman–Crippen MR) is 592 cm³/mol. The molecule has 3 aromatic heterocycles. The lowest BCUT2D eigenvalue weighted by atomic mass is 9.33. The molecule has 2 aliphatic heterocycles. The predicted octanol–water partition coefficient (Wildman–Crippen LogP) is 34.7. The molecule has 0 amide bonds. The second-order valence-corrected chi connectivity index (χ2v) is 50.0. The molecule has 6 heteroatoms. The molecule has 136 heavy (non-hydrogen) atoms. The van der Waals surface area contributed by atoms with Crippen LogP contribution in [0.5, 0.6) is 0 Å². The molecule has 18 aromatic rings. The first-order valence-electron chi connectivity index (χ1n) is 49.8. The fraction of sp³-hybridized carbons (Fsp3) is 0.308. The maximum atomic E-state index is 2.84. The molecule has 2 aliphatic rings. The van der Waals surface area contributed by atoms with Gasteiger partial charge >= 0.3 is 0 Å². The Morgan fingerprint density at radius 2 is 0.463 bits per heavy atom. The van der Waals surface area contributed by atoms with Gasteiger partial charge in [-0.05, 0) is 258 Å². The quantitative estimate of drug-likeness (QED) is 0.134. The zero-order valence-corrected chi connectivity index (χ0v) is 86.5. The van der Waals surface area contributed by atoms with Crippen LogP contribution >= 0.6 is 0 Å². The van der Waals surface area contributed by atoms with Crippen molar-refractivity contribution in [1.29, 1.82) is 0 Å². The molecule has 0 saturated heterocycles. The van der Waals surface area contributed by atoms with Gasteiger partial charge in [-0.3, -0.25) is 0 Å². The summed E-state index contributed by atoms with van der Waals surface area (Å²) in [5, 5.41) is 7.48. The molecular weight excluding hydrogens is 1640 g/mol. The minimum Gasteiger partial charge on any atom is -0.310 e. The van der Waals surface area contributed by atoms with Crippen LogP contribution in [0.15, 0.2) is 291 Å². The number of rotatable bonds is 9. The lowest BCUT2D eigenvalue weighted by molar-refractivity contribution is 0.572. The third-order valence-corrected chi connectivity index (χ3v) is 29.9. The number of anilines is 6. The summed E-state index contributed by atoms with van der Waals surface area (Å²) in [4.78, 5) is 5.64. The monoisotopic (exact) mass is 1780 g/mol. The molecule has 5 nitrogen and oxygen atoms in total. The van der Waals surface area contributed by atoms with Crippen molar-refractivity contribution in [3.05, 3.63) is 347 Å². The summed E-state index contributed by atoms with van der Waals surface area (Å²) in [5.41, 5.74) is 41.2. The zero-order valence-electron chi connectivity index (χ0n) is 86.5. The summed E-state index contributed by atoms with van der Waals surface area (Å²) < 4.78 is 7.88. The highest BCUT2D eigenvalue weighted by atomic mass is 15.2. The number of para-hydroxylation sites is 2. The van der Waals surface area contributed by atoms with Crippen molar-refractivity contribution < 1.29 is 0 Å². The van der Waals surface area contributed by atoms with Crippen LogP contribution in [-0.4, -0.2) is 20.4 Å². The molecule has 5 heterocycles. The maximum absolute atomic E-state index is 2.84. The van der Waals surface area contributed by atoms with Gasteiger partial charge in [-0.2, -0.15) is 0 Å². The van der Waals surface area contributed by atoms with Gasteiger partial charge in [0.25, 0.3) is 6.71 Å². The highest BCUT2D eigenvalue weighted by molar-refractivity contribution is 7.00. The summed E-state index contributed by atoms with van der Waals surface area (Å²) >= 11 is 0. The fourth-order valence-electron chi connectivity index (χ4n) is 22.2. The summed E-state index contributed by atoms with van der Waals surface area (Å²) in [7, 11) is 0. The van der Waals surface area contributed by atoms with E-state index in [1.54, 1.807) is 0 Å². The fourth-order valence-corrected chi connectivity index (χ4v) is 22.2. The van der Waals surface area contributed by atoms with E-state index in [1.807, 2.05) is 0 Å². The molecule has 0 saturated carbocycles. The molecule has 0 radical (unpaired) electrons. The van der Waals surface area contributed by atoms with E-state index < -0.39 is 0 Å². The third-order valence-electron chi connectivity index (χ3n) is 29.9. The first kappa shape index (κ1) is 91.1. The zero-order chi connectivity index (χ0) is 96.7. The lowest BCUT2D eigenvalue weighted by Gasteiger charge is -2.46. The number of nitrogens with zero attached hydrogens (tertiary/aromatic N) is 5. The van der Waals surface area contributed by atoms with Gasteiger partial charge in [0.2, 0.25) is 0 Å². The van der Waals surface area contributed by atoms with Crippen molar-refractivity contribution in [3.8, 4) is 61.6 Å².